The van der Waals surface area contributed by atoms with Gasteiger partial charge in [0.2, 0.25) is 0 Å². The fourth-order valence-electron chi connectivity index (χ4n) is 1.01. The maximum Gasteiger partial charge on any atom is 0.317 e. The first-order valence-corrected chi connectivity index (χ1v) is 5.50. The number of rotatable bonds is 4. The maximum atomic E-state index is 10.3. The number of carboxylic acid groups (broad SMARTS) is 1. The highest BCUT2D eigenvalue weighted by atomic mass is 32.1. The standard InChI is InChI=1S/C11H13NO2S/c13-11(14)9-12-8-10-4-1-2-6-15-7-3-5-10/h1-7,12H,8-9H2,(H,13,14). The molecular weight excluding hydrogens is 210 g/mol. The summed E-state index contributed by atoms with van der Waals surface area (Å²) in [7, 11) is 0. The molecule has 0 unspecified atom stereocenters. The first kappa shape index (κ1) is 11.7. The van der Waals surface area contributed by atoms with Crippen molar-refractivity contribution in [3.63, 3.8) is 0 Å². The van der Waals surface area contributed by atoms with E-state index < -0.39 is 5.97 Å². The van der Waals surface area contributed by atoms with Crippen LogP contribution in [0.3, 0.4) is 0 Å². The van der Waals surface area contributed by atoms with Gasteiger partial charge >= 0.3 is 5.97 Å². The lowest BCUT2D eigenvalue weighted by Crippen LogP contribution is -2.21. The van der Waals surface area contributed by atoms with E-state index in [1.165, 1.54) is 0 Å². The van der Waals surface area contributed by atoms with Gasteiger partial charge in [-0.2, -0.15) is 11.3 Å². The van der Waals surface area contributed by atoms with E-state index in [0.29, 0.717) is 6.54 Å². The van der Waals surface area contributed by atoms with E-state index in [2.05, 4.69) is 5.32 Å². The van der Waals surface area contributed by atoms with E-state index in [1.54, 1.807) is 11.3 Å². The zero-order valence-corrected chi connectivity index (χ0v) is 9.04. The molecule has 1 heterocycles. The Balaban J connectivity index is 2.62. The quantitative estimate of drug-likeness (QED) is 0.821. The molecule has 0 aromatic carbocycles. The summed E-state index contributed by atoms with van der Waals surface area (Å²) in [5.41, 5.74) is 1.06. The SMILES string of the molecule is O=C(O)CNCc1ccccsccc1. The summed E-state index contributed by atoms with van der Waals surface area (Å²) in [5.74, 6) is -0.839. The van der Waals surface area contributed by atoms with E-state index in [9.17, 15) is 4.79 Å². The maximum absolute atomic E-state index is 10.3. The minimum atomic E-state index is -0.839. The van der Waals surface area contributed by atoms with E-state index in [1.807, 2.05) is 41.1 Å². The van der Waals surface area contributed by atoms with Crippen molar-refractivity contribution in [2.75, 3.05) is 6.54 Å². The summed E-state index contributed by atoms with van der Waals surface area (Å²) in [6, 6.07) is 9.76. The summed E-state index contributed by atoms with van der Waals surface area (Å²) in [4.78, 5) is 10.3. The van der Waals surface area contributed by atoms with Crippen LogP contribution >= 0.6 is 11.3 Å². The smallest absolute Gasteiger partial charge is 0.317 e. The molecule has 15 heavy (non-hydrogen) atoms. The molecule has 0 saturated carbocycles. The summed E-state index contributed by atoms with van der Waals surface area (Å²) in [6.07, 6.45) is 0. The molecule has 0 amide bonds. The molecule has 3 nitrogen and oxygen atoms in total. The summed E-state index contributed by atoms with van der Waals surface area (Å²) in [5, 5.41) is 15.3. The van der Waals surface area contributed by atoms with Gasteiger partial charge in [-0.15, -0.1) is 0 Å². The van der Waals surface area contributed by atoms with Crippen LogP contribution in [-0.4, -0.2) is 17.6 Å². The van der Waals surface area contributed by atoms with Gasteiger partial charge in [0.1, 0.15) is 0 Å². The monoisotopic (exact) mass is 223 g/mol. The van der Waals surface area contributed by atoms with Gasteiger partial charge in [-0.05, 0) is 16.3 Å². The van der Waals surface area contributed by atoms with E-state index in [-0.39, 0.29) is 6.54 Å². The lowest BCUT2D eigenvalue weighted by molar-refractivity contribution is -0.135. The molecule has 4 heteroatoms. The first-order valence-electron chi connectivity index (χ1n) is 4.56. The van der Waals surface area contributed by atoms with Gasteiger partial charge in [-0.25, -0.2) is 0 Å². The molecule has 80 valence electrons. The van der Waals surface area contributed by atoms with Gasteiger partial charge in [0.05, 0.1) is 6.54 Å². The second-order valence-electron chi connectivity index (χ2n) is 2.89. The molecule has 1 aromatic rings. The number of carbonyl (C=O) groups is 1. The molecule has 0 saturated heterocycles. The minimum absolute atomic E-state index is 0.0144. The van der Waals surface area contributed by atoms with E-state index in [0.717, 1.165) is 5.56 Å². The lowest BCUT2D eigenvalue weighted by Gasteiger charge is -1.99. The molecule has 1 rings (SSSR count). The van der Waals surface area contributed by atoms with Gasteiger partial charge in [-0.3, -0.25) is 4.79 Å². The van der Waals surface area contributed by atoms with Crippen LogP contribution in [0, 0.1) is 0 Å². The molecule has 0 atom stereocenters. The zero-order valence-electron chi connectivity index (χ0n) is 8.22. The highest BCUT2D eigenvalue weighted by Gasteiger charge is 1.94. The second kappa shape index (κ2) is 6.98. The van der Waals surface area contributed by atoms with Crippen molar-refractivity contribution in [3.05, 3.63) is 46.7 Å². The van der Waals surface area contributed by atoms with Gasteiger partial charge in [0.15, 0.2) is 0 Å². The molecule has 1 aromatic heterocycles. The molecule has 0 aliphatic carbocycles. The Labute approximate surface area is 92.7 Å². The van der Waals surface area contributed by atoms with Crippen molar-refractivity contribution < 1.29 is 9.90 Å². The van der Waals surface area contributed by atoms with Gasteiger partial charge in [0.25, 0.3) is 0 Å². The van der Waals surface area contributed by atoms with E-state index in [4.69, 9.17) is 5.11 Å². The molecular formula is C11H13NO2S. The van der Waals surface area contributed by atoms with Crippen LogP contribution in [0.15, 0.2) is 41.1 Å². The Morgan fingerprint density at radius 2 is 2.00 bits per heavy atom. The number of hydrogen-bond donors (Lipinski definition) is 2. The number of nitrogens with one attached hydrogen (secondary N) is 1. The van der Waals surface area contributed by atoms with Gasteiger partial charge in [0, 0.05) is 6.54 Å². The number of hydrogen-bond acceptors (Lipinski definition) is 3. The largest absolute Gasteiger partial charge is 0.480 e. The summed E-state index contributed by atoms with van der Waals surface area (Å²) >= 11 is 1.60. The van der Waals surface area contributed by atoms with Gasteiger partial charge in [-0.1, -0.05) is 30.3 Å². The Morgan fingerprint density at radius 1 is 1.27 bits per heavy atom. The molecule has 0 spiro atoms. The van der Waals surface area contributed by atoms with Crippen LogP contribution in [0.2, 0.25) is 0 Å². The molecule has 0 radical (unpaired) electrons. The predicted molar refractivity (Wildman–Crippen MR) is 61.3 cm³/mol. The third kappa shape index (κ3) is 5.83. The molecule has 0 aliphatic heterocycles. The predicted octanol–water partition coefficient (Wildman–Crippen LogP) is 2.05. The molecule has 0 bridgehead atoms. The Kier molecular flexibility index (Phi) is 5.43. The minimum Gasteiger partial charge on any atom is -0.480 e. The Hall–Kier alpha value is -1.39. The van der Waals surface area contributed by atoms with Crippen molar-refractivity contribution >= 4 is 17.3 Å². The highest BCUT2D eigenvalue weighted by molar-refractivity contribution is 7.07. The fraction of sp³-hybridized carbons (Fsp3) is 0.182. The normalized spacial score (nSPS) is 9.33. The first-order chi connectivity index (χ1) is 7.29. The van der Waals surface area contributed by atoms with Crippen molar-refractivity contribution in [2.24, 2.45) is 0 Å². The average Bonchev–Trinajstić information content (AvgIpc) is 2.31. The third-order valence-electron chi connectivity index (χ3n) is 1.65. The van der Waals surface area contributed by atoms with Crippen molar-refractivity contribution in [1.29, 1.82) is 0 Å². The lowest BCUT2D eigenvalue weighted by atomic mass is 10.2. The molecule has 0 fully saturated rings. The zero-order chi connectivity index (χ0) is 10.9. The fourth-order valence-corrected chi connectivity index (χ4v) is 1.45. The van der Waals surface area contributed by atoms with Crippen LogP contribution < -0.4 is 5.32 Å². The number of aliphatic carboxylic acids is 1. The highest BCUT2D eigenvalue weighted by Crippen LogP contribution is 1.96. The van der Waals surface area contributed by atoms with Crippen LogP contribution in [0.25, 0.3) is 0 Å². The Morgan fingerprint density at radius 3 is 2.80 bits per heavy atom. The summed E-state index contributed by atoms with van der Waals surface area (Å²) in [6.45, 7) is 0.547. The van der Waals surface area contributed by atoms with Crippen molar-refractivity contribution in [1.82, 2.24) is 5.32 Å². The average molecular weight is 223 g/mol. The summed E-state index contributed by atoms with van der Waals surface area (Å²) < 4.78 is 0. The van der Waals surface area contributed by atoms with Crippen molar-refractivity contribution in [2.45, 2.75) is 6.54 Å². The molecule has 2 N–H and O–H groups in total. The van der Waals surface area contributed by atoms with E-state index >= 15 is 0 Å². The second-order valence-corrected chi connectivity index (χ2v) is 3.71. The van der Waals surface area contributed by atoms with Crippen molar-refractivity contribution in [3.8, 4) is 0 Å². The van der Waals surface area contributed by atoms with Crippen LogP contribution in [0.5, 0.6) is 0 Å². The van der Waals surface area contributed by atoms with Crippen LogP contribution in [0.1, 0.15) is 5.56 Å². The Bertz CT molecular complexity index is 337. The molecule has 0 aliphatic rings. The number of carboxylic acids is 1. The van der Waals surface area contributed by atoms with Gasteiger partial charge < -0.3 is 10.4 Å². The third-order valence-corrected chi connectivity index (χ3v) is 2.28. The van der Waals surface area contributed by atoms with Crippen LogP contribution in [-0.2, 0) is 11.3 Å². The van der Waals surface area contributed by atoms with Crippen LogP contribution in [0.4, 0.5) is 0 Å². The topological polar surface area (TPSA) is 49.3 Å².